The molecule has 174 valence electrons. The Balaban J connectivity index is 1.55. The van der Waals surface area contributed by atoms with Crippen molar-refractivity contribution in [2.75, 3.05) is 5.32 Å². The second-order valence-corrected chi connectivity index (χ2v) is 9.43. The number of nitrogens with zero attached hydrogens (tertiary/aromatic N) is 3. The van der Waals surface area contributed by atoms with Crippen LogP contribution in [0.1, 0.15) is 28.1 Å². The second-order valence-electron chi connectivity index (χ2n) is 8.20. The first-order valence-corrected chi connectivity index (χ1v) is 12.2. The minimum atomic E-state index is 0.550. The summed E-state index contributed by atoms with van der Waals surface area (Å²) >= 11 is 18.3. The maximum absolute atomic E-state index is 6.39. The Labute approximate surface area is 216 Å². The second kappa shape index (κ2) is 11.0. The first-order chi connectivity index (χ1) is 16.4. The Morgan fingerprint density at radius 2 is 1.50 bits per heavy atom. The summed E-state index contributed by atoms with van der Waals surface area (Å²) in [6.45, 7) is 5.97. The van der Waals surface area contributed by atoms with Gasteiger partial charge in [0, 0.05) is 23.1 Å². The molecule has 0 aliphatic rings. The molecule has 1 heterocycles. The van der Waals surface area contributed by atoms with E-state index < -0.39 is 0 Å². The van der Waals surface area contributed by atoms with Gasteiger partial charge in [-0.3, -0.25) is 4.68 Å². The van der Waals surface area contributed by atoms with Crippen LogP contribution in [0.2, 0.25) is 10.0 Å². The molecule has 4 aromatic rings. The molecule has 0 saturated heterocycles. The third kappa shape index (κ3) is 5.98. The van der Waals surface area contributed by atoms with Crippen molar-refractivity contribution in [3.05, 3.63) is 117 Å². The minimum Gasteiger partial charge on any atom is -0.340 e. The summed E-state index contributed by atoms with van der Waals surface area (Å²) in [4.78, 5) is 2.17. The Kier molecular flexibility index (Phi) is 7.88. The van der Waals surface area contributed by atoms with Crippen LogP contribution in [0.4, 0.5) is 5.69 Å². The van der Waals surface area contributed by atoms with E-state index in [1.165, 1.54) is 11.1 Å². The molecule has 0 spiro atoms. The van der Waals surface area contributed by atoms with Crippen LogP contribution in [0.3, 0.4) is 0 Å². The zero-order valence-electron chi connectivity index (χ0n) is 19.1. The van der Waals surface area contributed by atoms with Crippen molar-refractivity contribution >= 4 is 46.2 Å². The van der Waals surface area contributed by atoms with E-state index in [1.807, 2.05) is 67.1 Å². The molecule has 0 radical (unpaired) electrons. The van der Waals surface area contributed by atoms with Gasteiger partial charge < -0.3 is 10.2 Å². The molecule has 0 aliphatic heterocycles. The topological polar surface area (TPSA) is 33.1 Å². The summed E-state index contributed by atoms with van der Waals surface area (Å²) in [5, 5.41) is 10.1. The monoisotopic (exact) mass is 508 g/mol. The van der Waals surface area contributed by atoms with E-state index >= 15 is 0 Å². The Bertz CT molecular complexity index is 1230. The van der Waals surface area contributed by atoms with Gasteiger partial charge in [0.2, 0.25) is 0 Å². The van der Waals surface area contributed by atoms with Gasteiger partial charge in [0.1, 0.15) is 0 Å². The van der Waals surface area contributed by atoms with E-state index in [0.717, 1.165) is 22.6 Å². The fourth-order valence-electron chi connectivity index (χ4n) is 3.84. The van der Waals surface area contributed by atoms with Crippen molar-refractivity contribution in [2.24, 2.45) is 0 Å². The van der Waals surface area contributed by atoms with E-state index in [0.29, 0.717) is 34.8 Å². The van der Waals surface area contributed by atoms with E-state index in [1.54, 1.807) is 6.07 Å². The molecule has 0 bridgehead atoms. The maximum atomic E-state index is 6.39. The fourth-order valence-corrected chi connectivity index (χ4v) is 4.54. The number of aromatic nitrogens is 2. The minimum absolute atomic E-state index is 0.550. The van der Waals surface area contributed by atoms with Crippen molar-refractivity contribution < 1.29 is 0 Å². The molecule has 7 heteroatoms. The van der Waals surface area contributed by atoms with E-state index in [9.17, 15) is 0 Å². The van der Waals surface area contributed by atoms with Crippen LogP contribution in [-0.2, 0) is 19.6 Å². The van der Waals surface area contributed by atoms with Crippen LogP contribution in [0.25, 0.3) is 0 Å². The zero-order valence-corrected chi connectivity index (χ0v) is 21.5. The molecular formula is C27H26Cl2N4S. The molecule has 0 amide bonds. The highest BCUT2D eigenvalue weighted by Crippen LogP contribution is 2.25. The molecule has 4 rings (SSSR count). The van der Waals surface area contributed by atoms with E-state index in [-0.39, 0.29) is 0 Å². The lowest BCUT2D eigenvalue weighted by Gasteiger charge is -2.26. The first-order valence-electron chi connectivity index (χ1n) is 11.0. The number of hydrogen-bond donors (Lipinski definition) is 1. The van der Waals surface area contributed by atoms with Crippen LogP contribution >= 0.6 is 35.4 Å². The van der Waals surface area contributed by atoms with Gasteiger partial charge in [0.25, 0.3) is 0 Å². The van der Waals surface area contributed by atoms with Gasteiger partial charge in [-0.05, 0) is 54.9 Å². The van der Waals surface area contributed by atoms with E-state index in [4.69, 9.17) is 40.5 Å². The van der Waals surface area contributed by atoms with Gasteiger partial charge in [-0.2, -0.15) is 5.10 Å². The molecule has 4 nitrogen and oxygen atoms in total. The van der Waals surface area contributed by atoms with Crippen molar-refractivity contribution in [1.82, 2.24) is 14.7 Å². The number of anilines is 1. The molecule has 1 aromatic heterocycles. The molecule has 34 heavy (non-hydrogen) atoms. The predicted octanol–water partition coefficient (Wildman–Crippen LogP) is 7.25. The number of nitrogens with one attached hydrogen (secondary N) is 1. The largest absolute Gasteiger partial charge is 0.340 e. The molecule has 1 N–H and O–H groups in total. The van der Waals surface area contributed by atoms with E-state index in [2.05, 4.69) is 34.5 Å². The lowest BCUT2D eigenvalue weighted by molar-refractivity contribution is 0.413. The number of halogens is 2. The molecule has 3 aromatic carbocycles. The summed E-state index contributed by atoms with van der Waals surface area (Å²) in [6.07, 6.45) is 0. The third-order valence-electron chi connectivity index (χ3n) is 5.67. The highest BCUT2D eigenvalue weighted by molar-refractivity contribution is 7.80. The zero-order chi connectivity index (χ0) is 24.1. The van der Waals surface area contributed by atoms with Crippen LogP contribution in [-0.4, -0.2) is 19.8 Å². The lowest BCUT2D eigenvalue weighted by atomic mass is 10.2. The Hall–Kier alpha value is -2.86. The number of hydrogen-bond acceptors (Lipinski definition) is 2. The molecule has 0 atom stereocenters. The number of aryl methyl sites for hydroxylation is 1. The highest BCUT2D eigenvalue weighted by Gasteiger charge is 2.18. The average Bonchev–Trinajstić information content (AvgIpc) is 3.09. The molecular weight excluding hydrogens is 483 g/mol. The van der Waals surface area contributed by atoms with Crippen molar-refractivity contribution in [2.45, 2.75) is 33.5 Å². The summed E-state index contributed by atoms with van der Waals surface area (Å²) in [7, 11) is 0. The van der Waals surface area contributed by atoms with Crippen LogP contribution in [0, 0.1) is 13.8 Å². The van der Waals surface area contributed by atoms with Gasteiger partial charge in [-0.25, -0.2) is 0 Å². The van der Waals surface area contributed by atoms with Gasteiger partial charge >= 0.3 is 0 Å². The Morgan fingerprint density at radius 3 is 2.06 bits per heavy atom. The summed E-state index contributed by atoms with van der Waals surface area (Å²) in [6, 6.07) is 26.2. The first kappa shape index (κ1) is 24.3. The Morgan fingerprint density at radius 1 is 0.912 bits per heavy atom. The van der Waals surface area contributed by atoms with Crippen molar-refractivity contribution in [3.63, 3.8) is 0 Å². The van der Waals surface area contributed by atoms with Gasteiger partial charge in [0.05, 0.1) is 23.6 Å². The number of benzene rings is 3. The average molecular weight is 510 g/mol. The van der Waals surface area contributed by atoms with Crippen LogP contribution < -0.4 is 5.32 Å². The molecule has 0 unspecified atom stereocenters. The standard InChI is InChI=1S/C27H26Cl2N4S/c1-19-26(20(2)33(31-19)18-23-13-14-24(28)15-25(23)29)30-27(34)32(16-21-9-5-3-6-10-21)17-22-11-7-4-8-12-22/h3-15H,16-18H2,1-2H3,(H,30,34). The van der Waals surface area contributed by atoms with Crippen LogP contribution in [0.15, 0.2) is 78.9 Å². The molecule has 0 saturated carbocycles. The molecule has 0 aliphatic carbocycles. The van der Waals surface area contributed by atoms with Gasteiger partial charge in [0.15, 0.2) is 5.11 Å². The summed E-state index contributed by atoms with van der Waals surface area (Å²) in [5.41, 5.74) is 6.14. The summed E-state index contributed by atoms with van der Waals surface area (Å²) in [5.74, 6) is 0. The normalized spacial score (nSPS) is 10.8. The fraction of sp³-hybridized carbons (Fsp3) is 0.185. The third-order valence-corrected chi connectivity index (χ3v) is 6.62. The van der Waals surface area contributed by atoms with Crippen LogP contribution in [0.5, 0.6) is 0 Å². The number of rotatable bonds is 7. The highest BCUT2D eigenvalue weighted by atomic mass is 35.5. The summed E-state index contributed by atoms with van der Waals surface area (Å²) < 4.78 is 1.94. The maximum Gasteiger partial charge on any atom is 0.174 e. The quantitative estimate of drug-likeness (QED) is 0.266. The number of thiocarbonyl (C=S) groups is 1. The lowest BCUT2D eigenvalue weighted by Crippen LogP contribution is -2.34. The van der Waals surface area contributed by atoms with Crippen molar-refractivity contribution in [1.29, 1.82) is 0 Å². The van der Waals surface area contributed by atoms with Gasteiger partial charge in [-0.1, -0.05) is 89.9 Å². The van der Waals surface area contributed by atoms with Gasteiger partial charge in [-0.15, -0.1) is 0 Å². The molecule has 0 fully saturated rings. The predicted molar refractivity (Wildman–Crippen MR) is 146 cm³/mol. The van der Waals surface area contributed by atoms with Crippen molar-refractivity contribution in [3.8, 4) is 0 Å². The SMILES string of the molecule is Cc1nn(Cc2ccc(Cl)cc2Cl)c(C)c1NC(=S)N(Cc1ccccc1)Cc1ccccc1. The smallest absolute Gasteiger partial charge is 0.174 e.